The third-order valence-electron chi connectivity index (χ3n) is 2.56. The van der Waals surface area contributed by atoms with Gasteiger partial charge < -0.3 is 20.9 Å². The molecule has 0 aromatic heterocycles. The van der Waals surface area contributed by atoms with E-state index in [1.54, 1.807) is 6.07 Å². The minimum Gasteiger partial charge on any atom is -0.493 e. The Kier molecular flexibility index (Phi) is 6.08. The molecule has 0 aliphatic carbocycles. The molecule has 0 spiro atoms. The highest BCUT2D eigenvalue weighted by Crippen LogP contribution is 2.26. The Hall–Kier alpha value is -2.51. The van der Waals surface area contributed by atoms with Crippen molar-refractivity contribution >= 4 is 17.5 Å². The number of hydrogen-bond donors (Lipinski definition) is 3. The van der Waals surface area contributed by atoms with Crippen LogP contribution in [0.3, 0.4) is 0 Å². The van der Waals surface area contributed by atoms with Crippen LogP contribution in [-0.4, -0.2) is 29.3 Å². The highest BCUT2D eigenvalue weighted by molar-refractivity contribution is 5.64. The Balaban J connectivity index is 2.27. The van der Waals surface area contributed by atoms with Gasteiger partial charge >= 0.3 is 6.09 Å². The second-order valence-electron chi connectivity index (χ2n) is 4.12. The normalized spacial score (nSPS) is 10.0. The molecule has 0 atom stereocenters. The Labute approximate surface area is 115 Å². The van der Waals surface area contributed by atoms with Crippen LogP contribution >= 0.6 is 0 Å². The molecule has 0 unspecified atom stereocenters. The Morgan fingerprint density at radius 1 is 1.40 bits per heavy atom. The van der Waals surface area contributed by atoms with E-state index in [9.17, 15) is 14.9 Å². The predicted molar refractivity (Wildman–Crippen MR) is 72.9 cm³/mol. The van der Waals surface area contributed by atoms with Crippen LogP contribution < -0.4 is 15.8 Å². The fourth-order valence-electron chi connectivity index (χ4n) is 1.56. The minimum atomic E-state index is -1.03. The largest absolute Gasteiger partial charge is 0.493 e. The van der Waals surface area contributed by atoms with Gasteiger partial charge in [-0.1, -0.05) is 0 Å². The number of rotatable bonds is 8. The van der Waals surface area contributed by atoms with Gasteiger partial charge in [0.1, 0.15) is 11.4 Å². The van der Waals surface area contributed by atoms with Gasteiger partial charge in [0.05, 0.1) is 17.6 Å². The standard InChI is InChI=1S/C12H17N3O5/c13-10-5-4-9(8-11(10)15(18)19)20-7-3-1-2-6-14-12(16)17/h4-5,8,14H,1-3,6-7,13H2,(H,16,17). The Bertz CT molecular complexity index is 478. The van der Waals surface area contributed by atoms with Crippen LogP contribution in [-0.2, 0) is 0 Å². The van der Waals surface area contributed by atoms with Crippen molar-refractivity contribution in [2.24, 2.45) is 0 Å². The summed E-state index contributed by atoms with van der Waals surface area (Å²) in [6.45, 7) is 0.816. The molecule has 0 saturated heterocycles. The van der Waals surface area contributed by atoms with Crippen molar-refractivity contribution in [3.8, 4) is 5.75 Å². The maximum Gasteiger partial charge on any atom is 0.404 e. The molecule has 0 bridgehead atoms. The first-order valence-electron chi connectivity index (χ1n) is 6.14. The van der Waals surface area contributed by atoms with E-state index >= 15 is 0 Å². The van der Waals surface area contributed by atoms with E-state index in [0.29, 0.717) is 18.9 Å². The van der Waals surface area contributed by atoms with Crippen molar-refractivity contribution < 1.29 is 19.6 Å². The average Bonchev–Trinajstić information content (AvgIpc) is 2.38. The van der Waals surface area contributed by atoms with Crippen LogP contribution in [0.15, 0.2) is 18.2 Å². The second-order valence-corrected chi connectivity index (χ2v) is 4.12. The monoisotopic (exact) mass is 283 g/mol. The number of carbonyl (C=O) groups is 1. The fourth-order valence-corrected chi connectivity index (χ4v) is 1.56. The molecule has 1 amide bonds. The first-order valence-corrected chi connectivity index (χ1v) is 6.14. The zero-order chi connectivity index (χ0) is 15.0. The number of nitrogens with one attached hydrogen (secondary N) is 1. The van der Waals surface area contributed by atoms with Crippen LogP contribution in [0.5, 0.6) is 5.75 Å². The topological polar surface area (TPSA) is 128 Å². The third kappa shape index (κ3) is 5.42. The van der Waals surface area contributed by atoms with Crippen LogP contribution in [0.1, 0.15) is 19.3 Å². The third-order valence-corrected chi connectivity index (χ3v) is 2.56. The molecule has 0 fully saturated rings. The summed E-state index contributed by atoms with van der Waals surface area (Å²) in [5, 5.41) is 21.3. The van der Waals surface area contributed by atoms with Gasteiger partial charge in [0, 0.05) is 6.54 Å². The molecule has 110 valence electrons. The number of ether oxygens (including phenoxy) is 1. The predicted octanol–water partition coefficient (Wildman–Crippen LogP) is 1.99. The van der Waals surface area contributed by atoms with E-state index in [-0.39, 0.29) is 11.4 Å². The molecule has 8 nitrogen and oxygen atoms in total. The van der Waals surface area contributed by atoms with Gasteiger partial charge in [-0.25, -0.2) is 4.79 Å². The molecule has 0 aliphatic heterocycles. The van der Waals surface area contributed by atoms with Crippen LogP contribution in [0.25, 0.3) is 0 Å². The summed E-state index contributed by atoms with van der Waals surface area (Å²) in [6, 6.07) is 4.31. The van der Waals surface area contributed by atoms with Gasteiger partial charge in [-0.2, -0.15) is 0 Å². The van der Waals surface area contributed by atoms with E-state index in [2.05, 4.69) is 5.32 Å². The van der Waals surface area contributed by atoms with E-state index in [0.717, 1.165) is 19.3 Å². The molecular formula is C12H17N3O5. The molecular weight excluding hydrogens is 266 g/mol. The van der Waals surface area contributed by atoms with E-state index in [4.69, 9.17) is 15.6 Å². The van der Waals surface area contributed by atoms with Crippen molar-refractivity contribution in [2.45, 2.75) is 19.3 Å². The van der Waals surface area contributed by atoms with Gasteiger partial charge in [-0.05, 0) is 31.4 Å². The lowest BCUT2D eigenvalue weighted by molar-refractivity contribution is -0.384. The molecule has 20 heavy (non-hydrogen) atoms. The lowest BCUT2D eigenvalue weighted by Crippen LogP contribution is -2.21. The van der Waals surface area contributed by atoms with Crippen LogP contribution in [0.2, 0.25) is 0 Å². The first-order chi connectivity index (χ1) is 9.50. The van der Waals surface area contributed by atoms with Crippen molar-refractivity contribution in [1.29, 1.82) is 0 Å². The van der Waals surface area contributed by atoms with Gasteiger partial charge in [-0.15, -0.1) is 0 Å². The Morgan fingerprint density at radius 2 is 2.15 bits per heavy atom. The lowest BCUT2D eigenvalue weighted by atomic mass is 10.2. The van der Waals surface area contributed by atoms with Gasteiger partial charge in [0.15, 0.2) is 0 Å². The number of unbranched alkanes of at least 4 members (excludes halogenated alkanes) is 2. The SMILES string of the molecule is Nc1ccc(OCCCCCNC(=O)O)cc1[N+](=O)[O-]. The molecule has 1 rings (SSSR count). The van der Waals surface area contributed by atoms with E-state index < -0.39 is 11.0 Å². The average molecular weight is 283 g/mol. The van der Waals surface area contributed by atoms with Gasteiger partial charge in [0.2, 0.25) is 0 Å². The van der Waals surface area contributed by atoms with Crippen molar-refractivity contribution in [3.05, 3.63) is 28.3 Å². The molecule has 0 heterocycles. The highest BCUT2D eigenvalue weighted by Gasteiger charge is 2.12. The summed E-state index contributed by atoms with van der Waals surface area (Å²) in [7, 11) is 0. The number of carboxylic acid groups (broad SMARTS) is 1. The molecule has 0 aliphatic rings. The molecule has 1 aromatic rings. The van der Waals surface area contributed by atoms with Gasteiger partial charge in [-0.3, -0.25) is 10.1 Å². The summed E-state index contributed by atoms with van der Waals surface area (Å²) in [5.74, 6) is 0.398. The maximum atomic E-state index is 10.7. The molecule has 4 N–H and O–H groups in total. The summed E-state index contributed by atoms with van der Waals surface area (Å²) < 4.78 is 5.38. The molecule has 8 heteroatoms. The summed E-state index contributed by atoms with van der Waals surface area (Å²) in [6.07, 6.45) is 1.23. The minimum absolute atomic E-state index is 0.0992. The molecule has 1 aromatic carbocycles. The van der Waals surface area contributed by atoms with Crippen LogP contribution in [0, 0.1) is 10.1 Å². The summed E-state index contributed by atoms with van der Waals surface area (Å²) >= 11 is 0. The number of nitrogens with two attached hydrogens (primary N) is 1. The van der Waals surface area contributed by atoms with Gasteiger partial charge in [0.25, 0.3) is 5.69 Å². The number of nitrogens with zero attached hydrogens (tertiary/aromatic N) is 1. The summed E-state index contributed by atoms with van der Waals surface area (Å²) in [4.78, 5) is 20.3. The number of benzene rings is 1. The number of nitrogen functional groups attached to an aromatic ring is 1. The van der Waals surface area contributed by atoms with Crippen molar-refractivity contribution in [1.82, 2.24) is 5.32 Å². The zero-order valence-electron chi connectivity index (χ0n) is 10.9. The van der Waals surface area contributed by atoms with Crippen LogP contribution in [0.4, 0.5) is 16.2 Å². The number of anilines is 1. The number of amides is 1. The van der Waals surface area contributed by atoms with Crippen molar-refractivity contribution in [2.75, 3.05) is 18.9 Å². The summed E-state index contributed by atoms with van der Waals surface area (Å²) in [5.41, 5.74) is 5.40. The fraction of sp³-hybridized carbons (Fsp3) is 0.417. The number of nitro groups is 1. The van der Waals surface area contributed by atoms with E-state index in [1.807, 2.05) is 0 Å². The molecule has 0 radical (unpaired) electrons. The number of hydrogen-bond acceptors (Lipinski definition) is 5. The maximum absolute atomic E-state index is 10.7. The van der Waals surface area contributed by atoms with E-state index in [1.165, 1.54) is 12.1 Å². The number of nitro benzene ring substituents is 1. The van der Waals surface area contributed by atoms with Crippen molar-refractivity contribution in [3.63, 3.8) is 0 Å². The Morgan fingerprint density at radius 3 is 2.80 bits per heavy atom. The second kappa shape index (κ2) is 7.82. The molecule has 0 saturated carbocycles. The lowest BCUT2D eigenvalue weighted by Gasteiger charge is -2.07. The smallest absolute Gasteiger partial charge is 0.404 e. The quantitative estimate of drug-likeness (QED) is 0.290. The zero-order valence-corrected chi connectivity index (χ0v) is 10.9. The first kappa shape index (κ1) is 15.5. The highest BCUT2D eigenvalue weighted by atomic mass is 16.6.